The summed E-state index contributed by atoms with van der Waals surface area (Å²) in [6.45, 7) is 4.92. The van der Waals surface area contributed by atoms with Crippen molar-refractivity contribution in [2.75, 3.05) is 4.72 Å². The van der Waals surface area contributed by atoms with Gasteiger partial charge in [0.05, 0.1) is 15.4 Å². The third-order valence-corrected chi connectivity index (χ3v) is 4.59. The van der Waals surface area contributed by atoms with Crippen molar-refractivity contribution in [2.24, 2.45) is 7.05 Å². The van der Waals surface area contributed by atoms with Crippen molar-refractivity contribution in [2.45, 2.75) is 25.5 Å². The van der Waals surface area contributed by atoms with Crippen LogP contribution in [0.5, 0.6) is 0 Å². The van der Waals surface area contributed by atoms with Crippen LogP contribution in [0.4, 0.5) is 5.82 Å². The van der Waals surface area contributed by atoms with Gasteiger partial charge in [0.25, 0.3) is 0 Å². The second-order valence-electron chi connectivity index (χ2n) is 4.18. The van der Waals surface area contributed by atoms with Crippen LogP contribution in [0, 0.1) is 0 Å². The zero-order valence-corrected chi connectivity index (χ0v) is 11.5. The maximum Gasteiger partial charge on any atom is 0.238 e. The molecule has 1 aromatic heterocycles. The lowest BCUT2D eigenvalue weighted by Crippen LogP contribution is -2.34. The van der Waals surface area contributed by atoms with Crippen LogP contribution in [-0.4, -0.2) is 22.9 Å². The third kappa shape index (κ3) is 2.52. The maximum absolute atomic E-state index is 11.9. The molecule has 0 amide bonds. The Morgan fingerprint density at radius 3 is 2.33 bits per heavy atom. The number of hydrogen-bond acceptors (Lipinski definition) is 3. The topological polar surface area (TPSA) is 64.0 Å². The van der Waals surface area contributed by atoms with Gasteiger partial charge in [-0.2, -0.15) is 5.10 Å². The molecule has 0 radical (unpaired) electrons. The second-order valence-corrected chi connectivity index (χ2v) is 7.47. The molecule has 1 rings (SSSR count). The van der Waals surface area contributed by atoms with Crippen LogP contribution >= 0.6 is 15.9 Å². The van der Waals surface area contributed by atoms with Crippen LogP contribution in [0.2, 0.25) is 0 Å². The predicted octanol–water partition coefficient (Wildman–Crippen LogP) is 1.72. The van der Waals surface area contributed by atoms with Crippen molar-refractivity contribution >= 4 is 31.8 Å². The lowest BCUT2D eigenvalue weighted by atomic mass is 10.3. The fourth-order valence-corrected chi connectivity index (χ4v) is 2.19. The first-order valence-electron chi connectivity index (χ1n) is 4.35. The van der Waals surface area contributed by atoms with Crippen molar-refractivity contribution in [1.82, 2.24) is 9.78 Å². The highest BCUT2D eigenvalue weighted by atomic mass is 79.9. The first-order chi connectivity index (χ1) is 6.65. The highest BCUT2D eigenvalue weighted by Crippen LogP contribution is 2.25. The average Bonchev–Trinajstić information content (AvgIpc) is 2.33. The number of anilines is 1. The molecule has 86 valence electrons. The SMILES string of the molecule is Cn1ncc(Br)c1NS(=O)(=O)C(C)(C)C. The number of rotatable bonds is 2. The fraction of sp³-hybridized carbons (Fsp3) is 0.625. The molecular weight excluding hydrogens is 282 g/mol. The summed E-state index contributed by atoms with van der Waals surface area (Å²) in [5.74, 6) is 0.435. The molecule has 0 saturated carbocycles. The summed E-state index contributed by atoms with van der Waals surface area (Å²) >= 11 is 3.23. The van der Waals surface area contributed by atoms with Gasteiger partial charge in [0, 0.05) is 7.05 Å². The minimum atomic E-state index is -3.41. The lowest BCUT2D eigenvalue weighted by molar-refractivity contribution is 0.565. The molecule has 0 aromatic carbocycles. The van der Waals surface area contributed by atoms with Gasteiger partial charge in [0.1, 0.15) is 0 Å². The van der Waals surface area contributed by atoms with Gasteiger partial charge < -0.3 is 0 Å². The fourth-order valence-electron chi connectivity index (χ4n) is 0.806. The number of sulfonamides is 1. The summed E-state index contributed by atoms with van der Waals surface area (Å²) in [6, 6.07) is 0. The van der Waals surface area contributed by atoms with Crippen molar-refractivity contribution in [3.05, 3.63) is 10.7 Å². The molecule has 0 spiro atoms. The summed E-state index contributed by atoms with van der Waals surface area (Å²) in [6.07, 6.45) is 1.54. The number of halogens is 1. The Morgan fingerprint density at radius 2 is 2.00 bits per heavy atom. The third-order valence-electron chi connectivity index (χ3n) is 1.93. The summed E-state index contributed by atoms with van der Waals surface area (Å²) in [4.78, 5) is 0. The van der Waals surface area contributed by atoms with Gasteiger partial charge in [-0.15, -0.1) is 0 Å². The van der Waals surface area contributed by atoms with Gasteiger partial charge in [-0.05, 0) is 36.7 Å². The smallest absolute Gasteiger partial charge is 0.238 e. The Hall–Kier alpha value is -0.560. The number of nitrogens with one attached hydrogen (secondary N) is 1. The number of aryl methyl sites for hydroxylation is 1. The molecule has 7 heteroatoms. The first kappa shape index (κ1) is 12.5. The van der Waals surface area contributed by atoms with E-state index in [1.165, 1.54) is 4.68 Å². The average molecular weight is 296 g/mol. The first-order valence-corrected chi connectivity index (χ1v) is 6.62. The molecule has 0 unspecified atom stereocenters. The van der Waals surface area contributed by atoms with Crippen molar-refractivity contribution in [3.8, 4) is 0 Å². The molecule has 0 aliphatic carbocycles. The van der Waals surface area contributed by atoms with Gasteiger partial charge in [0.2, 0.25) is 10.0 Å². The van der Waals surface area contributed by atoms with Gasteiger partial charge in [-0.3, -0.25) is 9.40 Å². The van der Waals surface area contributed by atoms with Gasteiger partial charge in [-0.25, -0.2) is 8.42 Å². The standard InChI is InChI=1S/C8H14BrN3O2S/c1-8(2,3)15(13,14)11-7-6(9)5-10-12(7)4/h5,11H,1-4H3. The minimum absolute atomic E-state index is 0.435. The van der Waals surface area contributed by atoms with E-state index in [1.807, 2.05) is 0 Å². The quantitative estimate of drug-likeness (QED) is 0.904. The van der Waals surface area contributed by atoms with E-state index in [4.69, 9.17) is 0 Å². The van der Waals surface area contributed by atoms with Crippen molar-refractivity contribution in [1.29, 1.82) is 0 Å². The molecule has 0 saturated heterocycles. The molecule has 5 nitrogen and oxygen atoms in total. The molecule has 0 fully saturated rings. The molecule has 1 aromatic rings. The zero-order chi connectivity index (χ0) is 11.9. The van der Waals surface area contributed by atoms with E-state index in [9.17, 15) is 8.42 Å². The minimum Gasteiger partial charge on any atom is -0.266 e. The molecule has 0 aliphatic heterocycles. The number of aromatic nitrogens is 2. The Balaban J connectivity index is 3.08. The van der Waals surface area contributed by atoms with Crippen molar-refractivity contribution in [3.63, 3.8) is 0 Å². The lowest BCUT2D eigenvalue weighted by Gasteiger charge is -2.20. The van der Waals surface area contributed by atoms with Crippen LogP contribution in [0.3, 0.4) is 0 Å². The Labute approximate surface area is 98.0 Å². The van der Waals surface area contributed by atoms with Crippen molar-refractivity contribution < 1.29 is 8.42 Å². The Kier molecular flexibility index (Phi) is 3.16. The normalized spacial score (nSPS) is 12.9. The summed E-state index contributed by atoms with van der Waals surface area (Å²) in [7, 11) is -1.73. The monoisotopic (exact) mass is 295 g/mol. The Morgan fingerprint density at radius 1 is 1.47 bits per heavy atom. The molecule has 15 heavy (non-hydrogen) atoms. The highest BCUT2D eigenvalue weighted by Gasteiger charge is 2.30. The van der Waals surface area contributed by atoms with E-state index >= 15 is 0 Å². The number of hydrogen-bond donors (Lipinski definition) is 1. The molecule has 0 aliphatic rings. The van der Waals surface area contributed by atoms with E-state index < -0.39 is 14.8 Å². The second kappa shape index (κ2) is 3.79. The molecule has 1 N–H and O–H groups in total. The predicted molar refractivity (Wildman–Crippen MR) is 63.2 cm³/mol. The van der Waals surface area contributed by atoms with Gasteiger partial charge in [-0.1, -0.05) is 0 Å². The van der Waals surface area contributed by atoms with Gasteiger partial charge >= 0.3 is 0 Å². The van der Waals surface area contributed by atoms with Crippen LogP contribution in [-0.2, 0) is 17.1 Å². The molecule has 1 heterocycles. The molecule has 0 bridgehead atoms. The maximum atomic E-state index is 11.9. The summed E-state index contributed by atoms with van der Waals surface area (Å²) in [5.41, 5.74) is 0. The summed E-state index contributed by atoms with van der Waals surface area (Å²) < 4.78 is 27.4. The highest BCUT2D eigenvalue weighted by molar-refractivity contribution is 9.10. The van der Waals surface area contributed by atoms with Crippen LogP contribution < -0.4 is 4.72 Å². The van der Waals surface area contributed by atoms with Gasteiger partial charge in [0.15, 0.2) is 5.82 Å². The van der Waals surface area contributed by atoms with E-state index in [0.29, 0.717) is 10.3 Å². The zero-order valence-electron chi connectivity index (χ0n) is 9.07. The van der Waals surface area contributed by atoms with E-state index in [0.717, 1.165) is 0 Å². The summed E-state index contributed by atoms with van der Waals surface area (Å²) in [5, 5.41) is 3.93. The molecule has 0 atom stereocenters. The number of nitrogens with zero attached hydrogens (tertiary/aromatic N) is 2. The Bertz CT molecular complexity index is 439. The largest absolute Gasteiger partial charge is 0.266 e. The van der Waals surface area contributed by atoms with Crippen LogP contribution in [0.25, 0.3) is 0 Å². The van der Waals surface area contributed by atoms with E-state index in [2.05, 4.69) is 25.8 Å². The molecular formula is C8H14BrN3O2S. The van der Waals surface area contributed by atoms with Crippen LogP contribution in [0.15, 0.2) is 10.7 Å². The van der Waals surface area contributed by atoms with E-state index in [1.54, 1.807) is 34.0 Å². The van der Waals surface area contributed by atoms with Crippen LogP contribution in [0.1, 0.15) is 20.8 Å². The van der Waals surface area contributed by atoms with E-state index in [-0.39, 0.29) is 0 Å².